The third-order valence-electron chi connectivity index (χ3n) is 4.52. The molecule has 2 aromatic carbocycles. The molecule has 0 radical (unpaired) electrons. The third-order valence-corrected chi connectivity index (χ3v) is 4.52. The van der Waals surface area contributed by atoms with Crippen molar-refractivity contribution in [1.29, 1.82) is 0 Å². The molecule has 1 aliphatic carbocycles. The van der Waals surface area contributed by atoms with Gasteiger partial charge in [-0.2, -0.15) is 0 Å². The molecule has 5 heteroatoms. The minimum Gasteiger partial charge on any atom is -0.494 e. The molecule has 156 valence electrons. The predicted octanol–water partition coefficient (Wildman–Crippen LogP) is 6.14. The van der Waals surface area contributed by atoms with Crippen molar-refractivity contribution in [2.24, 2.45) is 0 Å². The van der Waals surface area contributed by atoms with Crippen molar-refractivity contribution in [2.75, 3.05) is 6.61 Å². The SMILES string of the molecule is CCCCCCOc1ccc(C(=O)Oc2ccc(OC(O)=C3C=CC=C3)cc2)cc1. The predicted molar refractivity (Wildman–Crippen MR) is 116 cm³/mol. The fourth-order valence-corrected chi connectivity index (χ4v) is 2.83. The van der Waals surface area contributed by atoms with Crippen LogP contribution in [0.25, 0.3) is 0 Å². The molecule has 0 fully saturated rings. The first-order chi connectivity index (χ1) is 14.7. The molecule has 0 saturated heterocycles. The van der Waals surface area contributed by atoms with E-state index in [2.05, 4.69) is 6.92 Å². The molecule has 0 spiro atoms. The lowest BCUT2D eigenvalue weighted by atomic mass is 10.2. The second kappa shape index (κ2) is 10.9. The number of aliphatic hydroxyl groups excluding tert-OH is 1. The zero-order valence-electron chi connectivity index (χ0n) is 17.0. The summed E-state index contributed by atoms with van der Waals surface area (Å²) >= 11 is 0. The van der Waals surface area contributed by atoms with Crippen molar-refractivity contribution in [3.8, 4) is 17.2 Å². The van der Waals surface area contributed by atoms with Gasteiger partial charge in [-0.25, -0.2) is 4.79 Å². The van der Waals surface area contributed by atoms with Crippen molar-refractivity contribution >= 4 is 5.97 Å². The van der Waals surface area contributed by atoms with Crippen molar-refractivity contribution in [3.05, 3.63) is 89.9 Å². The molecule has 5 nitrogen and oxygen atoms in total. The highest BCUT2D eigenvalue weighted by Gasteiger charge is 2.10. The Kier molecular flexibility index (Phi) is 7.72. The van der Waals surface area contributed by atoms with E-state index in [0.29, 0.717) is 29.2 Å². The second-order valence-electron chi connectivity index (χ2n) is 6.88. The van der Waals surface area contributed by atoms with Crippen molar-refractivity contribution in [2.45, 2.75) is 32.6 Å². The van der Waals surface area contributed by atoms with E-state index in [0.717, 1.165) is 18.6 Å². The number of aliphatic hydroxyl groups is 1. The van der Waals surface area contributed by atoms with Crippen molar-refractivity contribution in [1.82, 2.24) is 0 Å². The summed E-state index contributed by atoms with van der Waals surface area (Å²) in [5.74, 6) is 0.928. The number of hydrogen-bond acceptors (Lipinski definition) is 5. The van der Waals surface area contributed by atoms with Gasteiger partial charge in [0.15, 0.2) is 0 Å². The maximum atomic E-state index is 12.3. The molecule has 1 N–H and O–H groups in total. The van der Waals surface area contributed by atoms with Crippen LogP contribution in [0, 0.1) is 0 Å². The highest BCUT2D eigenvalue weighted by molar-refractivity contribution is 5.91. The number of rotatable bonds is 10. The Hall–Kier alpha value is -3.47. The maximum Gasteiger partial charge on any atom is 0.343 e. The number of unbranched alkanes of at least 4 members (excludes halogenated alkanes) is 3. The Balaban J connectivity index is 1.50. The molecule has 0 heterocycles. The first kappa shape index (κ1) is 21.2. The van der Waals surface area contributed by atoms with Gasteiger partial charge in [-0.1, -0.05) is 38.3 Å². The van der Waals surface area contributed by atoms with E-state index in [9.17, 15) is 9.90 Å². The topological polar surface area (TPSA) is 65.0 Å². The van der Waals surface area contributed by atoms with Crippen LogP contribution in [0.5, 0.6) is 17.2 Å². The van der Waals surface area contributed by atoms with Gasteiger partial charge in [-0.3, -0.25) is 0 Å². The van der Waals surface area contributed by atoms with E-state index < -0.39 is 5.97 Å². The Labute approximate surface area is 176 Å². The number of benzene rings is 2. The summed E-state index contributed by atoms with van der Waals surface area (Å²) in [6.07, 6.45) is 11.7. The van der Waals surface area contributed by atoms with E-state index >= 15 is 0 Å². The number of carbonyl (C=O) groups is 1. The quantitative estimate of drug-likeness (QED) is 0.222. The fourth-order valence-electron chi connectivity index (χ4n) is 2.83. The summed E-state index contributed by atoms with van der Waals surface area (Å²) in [5, 5.41) is 9.94. The van der Waals surface area contributed by atoms with Crippen molar-refractivity contribution < 1.29 is 24.1 Å². The van der Waals surface area contributed by atoms with Crippen LogP contribution in [0.1, 0.15) is 43.0 Å². The molecule has 0 atom stereocenters. The zero-order chi connectivity index (χ0) is 21.2. The Morgan fingerprint density at radius 2 is 1.40 bits per heavy atom. The van der Waals surface area contributed by atoms with Gasteiger partial charge < -0.3 is 19.3 Å². The molecule has 0 saturated carbocycles. The van der Waals surface area contributed by atoms with Crippen LogP contribution in [0.4, 0.5) is 0 Å². The van der Waals surface area contributed by atoms with Crippen LogP contribution in [0.2, 0.25) is 0 Å². The molecule has 30 heavy (non-hydrogen) atoms. The lowest BCUT2D eigenvalue weighted by Gasteiger charge is -2.09. The molecule has 0 aromatic heterocycles. The summed E-state index contributed by atoms with van der Waals surface area (Å²) in [5.41, 5.74) is 1.04. The van der Waals surface area contributed by atoms with Crippen molar-refractivity contribution in [3.63, 3.8) is 0 Å². The summed E-state index contributed by atoms with van der Waals surface area (Å²) < 4.78 is 16.5. The van der Waals surface area contributed by atoms with Crippen LogP contribution in [-0.4, -0.2) is 17.7 Å². The van der Waals surface area contributed by atoms with Crippen LogP contribution >= 0.6 is 0 Å². The van der Waals surface area contributed by atoms with Gasteiger partial charge >= 0.3 is 5.97 Å². The van der Waals surface area contributed by atoms with Gasteiger partial charge in [0, 0.05) is 0 Å². The first-order valence-electron chi connectivity index (χ1n) is 10.2. The molecule has 3 rings (SSSR count). The normalized spacial score (nSPS) is 12.1. The van der Waals surface area contributed by atoms with E-state index in [1.807, 2.05) is 12.2 Å². The molecular weight excluding hydrogens is 380 g/mol. The summed E-state index contributed by atoms with van der Waals surface area (Å²) in [6.45, 7) is 2.85. The zero-order valence-corrected chi connectivity index (χ0v) is 17.0. The van der Waals surface area contributed by atoms with Gasteiger partial charge in [0.1, 0.15) is 17.2 Å². The summed E-state index contributed by atoms with van der Waals surface area (Å²) in [4.78, 5) is 12.3. The maximum absolute atomic E-state index is 12.3. The minimum absolute atomic E-state index is 0.183. The smallest absolute Gasteiger partial charge is 0.343 e. The van der Waals surface area contributed by atoms with Crippen LogP contribution in [-0.2, 0) is 0 Å². The van der Waals surface area contributed by atoms with Crippen LogP contribution in [0.15, 0.2) is 84.4 Å². The third kappa shape index (κ3) is 6.27. The number of hydrogen-bond donors (Lipinski definition) is 1. The second-order valence-corrected chi connectivity index (χ2v) is 6.88. The largest absolute Gasteiger partial charge is 0.494 e. The Morgan fingerprint density at radius 3 is 2.03 bits per heavy atom. The highest BCUT2D eigenvalue weighted by atomic mass is 16.6. The van der Waals surface area contributed by atoms with Gasteiger partial charge in [-0.15, -0.1) is 0 Å². The molecule has 0 aliphatic heterocycles. The monoisotopic (exact) mass is 406 g/mol. The fraction of sp³-hybridized carbons (Fsp3) is 0.240. The Bertz CT molecular complexity index is 907. The number of esters is 1. The number of allylic oxidation sites excluding steroid dienone is 5. The number of carbonyl (C=O) groups excluding carboxylic acids is 1. The summed E-state index contributed by atoms with van der Waals surface area (Å²) in [6, 6.07) is 13.4. The molecule has 0 amide bonds. The first-order valence-corrected chi connectivity index (χ1v) is 10.2. The van der Waals surface area contributed by atoms with Gasteiger partial charge in [0.25, 0.3) is 5.95 Å². The van der Waals surface area contributed by atoms with Crippen LogP contribution < -0.4 is 14.2 Å². The number of ether oxygens (including phenoxy) is 3. The molecule has 0 unspecified atom stereocenters. The molecule has 0 bridgehead atoms. The standard InChI is InChI=1S/C25H26O5/c1-2-3-4-7-18-28-21-12-10-20(11-13-21)25(27)30-23-16-14-22(15-17-23)29-24(26)19-8-5-6-9-19/h5-6,8-17,26H,2-4,7,18H2,1H3. The molecule has 2 aromatic rings. The van der Waals surface area contributed by atoms with Gasteiger partial charge in [0.2, 0.25) is 0 Å². The molecule has 1 aliphatic rings. The summed E-state index contributed by atoms with van der Waals surface area (Å²) in [7, 11) is 0. The van der Waals surface area contributed by atoms with Gasteiger partial charge in [0.05, 0.1) is 17.7 Å². The van der Waals surface area contributed by atoms with E-state index in [1.54, 1.807) is 60.7 Å². The average Bonchev–Trinajstić information content (AvgIpc) is 3.30. The highest BCUT2D eigenvalue weighted by Crippen LogP contribution is 2.22. The molecular formula is C25H26O5. The minimum atomic E-state index is -0.454. The van der Waals surface area contributed by atoms with Gasteiger partial charge in [-0.05, 0) is 67.1 Å². The van der Waals surface area contributed by atoms with E-state index in [1.165, 1.54) is 12.8 Å². The lowest BCUT2D eigenvalue weighted by molar-refractivity contribution is 0.0734. The lowest BCUT2D eigenvalue weighted by Crippen LogP contribution is -2.08. The van der Waals surface area contributed by atoms with Crippen LogP contribution in [0.3, 0.4) is 0 Å². The average molecular weight is 406 g/mol. The van der Waals surface area contributed by atoms with E-state index in [-0.39, 0.29) is 5.95 Å². The van der Waals surface area contributed by atoms with E-state index in [4.69, 9.17) is 14.2 Å². The Morgan fingerprint density at radius 1 is 0.800 bits per heavy atom.